The van der Waals surface area contributed by atoms with Crippen molar-refractivity contribution in [3.05, 3.63) is 35.9 Å². The van der Waals surface area contributed by atoms with Crippen LogP contribution in [-0.2, 0) is 0 Å². The van der Waals surface area contributed by atoms with Crippen LogP contribution in [0.25, 0.3) is 0 Å². The molecule has 1 aliphatic rings. The van der Waals surface area contributed by atoms with Gasteiger partial charge in [0, 0.05) is 52.9 Å². The van der Waals surface area contributed by atoms with Crippen LogP contribution in [0.2, 0.25) is 0 Å². The summed E-state index contributed by atoms with van der Waals surface area (Å²) in [5, 5.41) is 13.0. The molecular formula is C22H31N5O3. The van der Waals surface area contributed by atoms with Crippen molar-refractivity contribution in [2.75, 3.05) is 69.0 Å². The number of aromatic hydroxyl groups is 1. The first-order valence-corrected chi connectivity index (χ1v) is 10.3. The van der Waals surface area contributed by atoms with Crippen LogP contribution in [0.4, 0.5) is 17.3 Å². The normalized spacial score (nSPS) is 13.9. The average molecular weight is 414 g/mol. The molecule has 0 unspecified atom stereocenters. The molecular weight excluding hydrogens is 382 g/mol. The summed E-state index contributed by atoms with van der Waals surface area (Å²) in [5.41, 5.74) is 1.56. The number of pyridine rings is 1. The maximum atomic E-state index is 12.5. The number of rotatable bonds is 7. The Hall–Kier alpha value is -3.16. The fraction of sp³-hybridized carbons (Fsp3) is 0.455. The molecule has 2 heterocycles. The van der Waals surface area contributed by atoms with Gasteiger partial charge in [0.05, 0.1) is 18.4 Å². The highest BCUT2D eigenvalue weighted by Crippen LogP contribution is 2.33. The van der Waals surface area contributed by atoms with Gasteiger partial charge >= 0.3 is 0 Å². The Morgan fingerprint density at radius 1 is 1.17 bits per heavy atom. The number of piperazine rings is 1. The lowest BCUT2D eigenvalue weighted by Gasteiger charge is -2.37. The van der Waals surface area contributed by atoms with Gasteiger partial charge in [-0.3, -0.25) is 4.79 Å². The van der Waals surface area contributed by atoms with Crippen molar-refractivity contribution in [2.45, 2.75) is 13.3 Å². The zero-order valence-electron chi connectivity index (χ0n) is 18.2. The van der Waals surface area contributed by atoms with Crippen LogP contribution in [0, 0.1) is 0 Å². The number of amides is 1. The molecule has 30 heavy (non-hydrogen) atoms. The topological polar surface area (TPSA) is 81.2 Å². The van der Waals surface area contributed by atoms with Crippen molar-refractivity contribution in [1.82, 2.24) is 9.88 Å². The number of carbonyl (C=O) groups excluding carboxylic acids is 1. The molecule has 0 atom stereocenters. The highest BCUT2D eigenvalue weighted by molar-refractivity contribution is 5.98. The number of nitrogens with one attached hydrogen (secondary N) is 1. The van der Waals surface area contributed by atoms with E-state index in [1.165, 1.54) is 0 Å². The third-order valence-electron chi connectivity index (χ3n) is 5.17. The first-order chi connectivity index (χ1) is 14.4. The molecule has 0 radical (unpaired) electrons. The van der Waals surface area contributed by atoms with E-state index in [1.807, 2.05) is 18.2 Å². The van der Waals surface area contributed by atoms with Crippen molar-refractivity contribution in [3.63, 3.8) is 0 Å². The largest absolute Gasteiger partial charge is 0.508 e. The van der Waals surface area contributed by atoms with E-state index >= 15 is 0 Å². The van der Waals surface area contributed by atoms with Crippen LogP contribution in [-0.4, -0.2) is 74.8 Å². The monoisotopic (exact) mass is 413 g/mol. The van der Waals surface area contributed by atoms with E-state index in [1.54, 1.807) is 38.2 Å². The zero-order chi connectivity index (χ0) is 21.7. The molecule has 0 spiro atoms. The lowest BCUT2D eigenvalue weighted by molar-refractivity contribution is 0.0828. The van der Waals surface area contributed by atoms with Crippen molar-refractivity contribution in [3.8, 4) is 11.5 Å². The molecule has 8 heteroatoms. The summed E-state index contributed by atoms with van der Waals surface area (Å²) in [7, 11) is 5.10. The summed E-state index contributed by atoms with van der Waals surface area (Å²) in [6.07, 6.45) is 0.953. The summed E-state index contributed by atoms with van der Waals surface area (Å²) in [6.45, 7) is 6.05. The number of nitrogens with zero attached hydrogens (tertiary/aromatic N) is 4. The molecule has 1 fully saturated rings. The van der Waals surface area contributed by atoms with E-state index in [0.717, 1.165) is 50.6 Å². The van der Waals surface area contributed by atoms with Crippen LogP contribution >= 0.6 is 0 Å². The molecule has 1 aliphatic heterocycles. The van der Waals surface area contributed by atoms with Crippen LogP contribution < -0.4 is 19.9 Å². The van der Waals surface area contributed by atoms with Crippen molar-refractivity contribution < 1.29 is 14.6 Å². The molecule has 2 aromatic rings. The minimum absolute atomic E-state index is 0.0584. The Bertz CT molecular complexity index is 879. The Kier molecular flexibility index (Phi) is 6.87. The first kappa shape index (κ1) is 21.5. The number of carbonyl (C=O) groups is 1. The second kappa shape index (κ2) is 9.56. The molecule has 1 aromatic heterocycles. The number of benzene rings is 1. The maximum absolute atomic E-state index is 12.5. The molecule has 162 valence electrons. The van der Waals surface area contributed by atoms with Crippen molar-refractivity contribution in [2.24, 2.45) is 0 Å². The predicted molar refractivity (Wildman–Crippen MR) is 120 cm³/mol. The third kappa shape index (κ3) is 4.69. The molecule has 8 nitrogen and oxygen atoms in total. The van der Waals surface area contributed by atoms with Crippen molar-refractivity contribution in [1.29, 1.82) is 0 Å². The van der Waals surface area contributed by atoms with E-state index in [2.05, 4.69) is 22.0 Å². The molecule has 1 aromatic carbocycles. The van der Waals surface area contributed by atoms with E-state index in [-0.39, 0.29) is 11.7 Å². The lowest BCUT2D eigenvalue weighted by atomic mass is 10.2. The number of hydrogen-bond donors (Lipinski definition) is 2. The van der Waals surface area contributed by atoms with E-state index < -0.39 is 0 Å². The van der Waals surface area contributed by atoms with Gasteiger partial charge in [0.15, 0.2) is 0 Å². The fourth-order valence-corrected chi connectivity index (χ4v) is 3.52. The van der Waals surface area contributed by atoms with Gasteiger partial charge in [0.1, 0.15) is 23.1 Å². The molecule has 0 aliphatic carbocycles. The van der Waals surface area contributed by atoms with Crippen molar-refractivity contribution >= 4 is 23.2 Å². The molecule has 3 rings (SSSR count). The number of phenolic OH excluding ortho intramolecular Hbond substituents is 1. The van der Waals surface area contributed by atoms with Gasteiger partial charge in [-0.05, 0) is 30.7 Å². The van der Waals surface area contributed by atoms with Gasteiger partial charge in [-0.2, -0.15) is 0 Å². The van der Waals surface area contributed by atoms with Gasteiger partial charge in [-0.25, -0.2) is 4.98 Å². The van der Waals surface area contributed by atoms with Gasteiger partial charge in [-0.15, -0.1) is 0 Å². The SMILES string of the molecule is CCCNc1nc(N2CCN(c3ccc(O)cc3OC)CC2)ccc1C(=O)N(C)C. The predicted octanol–water partition coefficient (Wildman–Crippen LogP) is 2.65. The first-order valence-electron chi connectivity index (χ1n) is 10.3. The Morgan fingerprint density at radius 3 is 2.50 bits per heavy atom. The van der Waals surface area contributed by atoms with E-state index in [0.29, 0.717) is 17.1 Å². The minimum atomic E-state index is -0.0584. The maximum Gasteiger partial charge on any atom is 0.257 e. The van der Waals surface area contributed by atoms with Gasteiger partial charge < -0.3 is 29.9 Å². The molecule has 0 bridgehead atoms. The second-order valence-electron chi connectivity index (χ2n) is 7.52. The zero-order valence-corrected chi connectivity index (χ0v) is 18.2. The summed E-state index contributed by atoms with van der Waals surface area (Å²) >= 11 is 0. The number of methoxy groups -OCH3 is 1. The third-order valence-corrected chi connectivity index (χ3v) is 5.17. The molecule has 0 saturated carbocycles. The fourth-order valence-electron chi connectivity index (χ4n) is 3.52. The van der Waals surface area contributed by atoms with Gasteiger partial charge in [-0.1, -0.05) is 6.92 Å². The Balaban J connectivity index is 1.75. The standard InChI is InChI=1S/C22H31N5O3/c1-5-10-23-21-17(22(29)25(2)3)7-9-20(24-21)27-13-11-26(12-14-27)18-8-6-16(28)15-19(18)30-4/h6-9,15,28H,5,10-14H2,1-4H3,(H,23,24). The number of ether oxygens (including phenoxy) is 1. The average Bonchev–Trinajstić information content (AvgIpc) is 2.77. The number of hydrogen-bond acceptors (Lipinski definition) is 7. The second-order valence-corrected chi connectivity index (χ2v) is 7.52. The summed E-state index contributed by atoms with van der Waals surface area (Å²) in [5.74, 6) is 2.30. The Morgan fingerprint density at radius 2 is 1.87 bits per heavy atom. The summed E-state index contributed by atoms with van der Waals surface area (Å²) < 4.78 is 5.43. The number of aromatic nitrogens is 1. The Labute approximate surface area is 178 Å². The molecule has 2 N–H and O–H groups in total. The van der Waals surface area contributed by atoms with Crippen LogP contribution in [0.1, 0.15) is 23.7 Å². The molecule has 1 saturated heterocycles. The minimum Gasteiger partial charge on any atom is -0.508 e. The van der Waals surface area contributed by atoms with Crippen LogP contribution in [0.15, 0.2) is 30.3 Å². The quantitative estimate of drug-likeness (QED) is 0.722. The highest BCUT2D eigenvalue weighted by atomic mass is 16.5. The van der Waals surface area contributed by atoms with Crippen LogP contribution in [0.5, 0.6) is 11.5 Å². The van der Waals surface area contributed by atoms with Gasteiger partial charge in [0.2, 0.25) is 0 Å². The number of phenols is 1. The highest BCUT2D eigenvalue weighted by Gasteiger charge is 2.23. The summed E-state index contributed by atoms with van der Waals surface area (Å²) in [4.78, 5) is 23.3. The van der Waals surface area contributed by atoms with Gasteiger partial charge in [0.25, 0.3) is 5.91 Å². The van der Waals surface area contributed by atoms with E-state index in [4.69, 9.17) is 9.72 Å². The number of anilines is 3. The lowest BCUT2D eigenvalue weighted by Crippen LogP contribution is -2.47. The van der Waals surface area contributed by atoms with E-state index in [9.17, 15) is 9.90 Å². The smallest absolute Gasteiger partial charge is 0.257 e. The summed E-state index contributed by atoms with van der Waals surface area (Å²) in [6, 6.07) is 8.98. The van der Waals surface area contributed by atoms with Crippen LogP contribution in [0.3, 0.4) is 0 Å². The molecule has 1 amide bonds.